The molecule has 0 atom stereocenters. The summed E-state index contributed by atoms with van der Waals surface area (Å²) in [5.74, 6) is 1.48. The molecule has 1 aliphatic carbocycles. The van der Waals surface area contributed by atoms with Crippen molar-refractivity contribution in [3.05, 3.63) is 16.2 Å². The van der Waals surface area contributed by atoms with Gasteiger partial charge in [-0.3, -0.25) is 0 Å². The van der Waals surface area contributed by atoms with Crippen LogP contribution in [0.2, 0.25) is 0 Å². The minimum atomic E-state index is 0.266. The van der Waals surface area contributed by atoms with Crippen LogP contribution in [-0.2, 0) is 0 Å². The summed E-state index contributed by atoms with van der Waals surface area (Å²) in [5.41, 5.74) is 2.16. The highest BCUT2D eigenvalue weighted by Crippen LogP contribution is 2.39. The van der Waals surface area contributed by atoms with Gasteiger partial charge in [0.25, 0.3) is 0 Å². The summed E-state index contributed by atoms with van der Waals surface area (Å²) in [4.78, 5) is 11.2. The molecule has 0 aromatic carbocycles. The van der Waals surface area contributed by atoms with E-state index in [0.717, 1.165) is 41.2 Å². The molecule has 0 unspecified atom stereocenters. The monoisotopic (exact) mass is 409 g/mol. The number of aromatic nitrogens is 1. The second kappa shape index (κ2) is 8.52. The summed E-state index contributed by atoms with van der Waals surface area (Å²) in [6.07, 6.45) is 6.78. The van der Waals surface area contributed by atoms with Crippen LogP contribution in [0.4, 0.5) is 5.69 Å². The number of pyridine rings is 1. The first-order valence-electron chi connectivity index (χ1n) is 9.29. The summed E-state index contributed by atoms with van der Waals surface area (Å²) in [5, 5.41) is 0. The predicted octanol–water partition coefficient (Wildman–Crippen LogP) is 5.75. The number of hydrogen-bond acceptors (Lipinski definition) is 3. The van der Waals surface area contributed by atoms with Crippen molar-refractivity contribution in [2.75, 3.05) is 13.6 Å². The van der Waals surface area contributed by atoms with E-state index in [-0.39, 0.29) is 6.10 Å². The molecule has 1 aromatic heterocycles. The standard InChI is InChI=1S/C20H32BrN3O/c1-7-24(6)13-22-18-12-17(21)19(23-14(18)2)25-16-10-8-15(9-11-16)20(3,4)5/h12-13,15-16H,7-11H2,1-6H3/b22-13+. The molecule has 140 valence electrons. The van der Waals surface area contributed by atoms with Gasteiger partial charge in [-0.05, 0) is 72.9 Å². The first-order valence-corrected chi connectivity index (χ1v) is 10.1. The van der Waals surface area contributed by atoms with Gasteiger partial charge in [0.1, 0.15) is 6.10 Å². The first-order chi connectivity index (χ1) is 11.7. The van der Waals surface area contributed by atoms with Crippen molar-refractivity contribution in [3.63, 3.8) is 0 Å². The van der Waals surface area contributed by atoms with E-state index in [2.05, 4.69) is 53.6 Å². The number of nitrogens with zero attached hydrogens (tertiary/aromatic N) is 3. The van der Waals surface area contributed by atoms with Crippen LogP contribution in [0.15, 0.2) is 15.5 Å². The Balaban J connectivity index is 2.02. The van der Waals surface area contributed by atoms with Crippen molar-refractivity contribution in [2.24, 2.45) is 16.3 Å². The third-order valence-electron chi connectivity index (χ3n) is 5.18. The van der Waals surface area contributed by atoms with Gasteiger partial charge in [-0.2, -0.15) is 0 Å². The molecule has 25 heavy (non-hydrogen) atoms. The van der Waals surface area contributed by atoms with Crippen molar-refractivity contribution in [3.8, 4) is 5.88 Å². The molecule has 0 bridgehead atoms. The average Bonchev–Trinajstić information content (AvgIpc) is 2.56. The second-order valence-corrected chi connectivity index (χ2v) is 9.01. The predicted molar refractivity (Wildman–Crippen MR) is 109 cm³/mol. The molecule has 2 rings (SSSR count). The van der Waals surface area contributed by atoms with Gasteiger partial charge in [0, 0.05) is 13.6 Å². The van der Waals surface area contributed by atoms with Crippen LogP contribution < -0.4 is 4.74 Å². The summed E-state index contributed by atoms with van der Waals surface area (Å²) in [7, 11) is 2.01. The van der Waals surface area contributed by atoms with Crippen molar-refractivity contribution in [1.82, 2.24) is 9.88 Å². The number of hydrogen-bond donors (Lipinski definition) is 0. The van der Waals surface area contributed by atoms with Crippen molar-refractivity contribution < 1.29 is 4.74 Å². The Morgan fingerprint density at radius 3 is 2.52 bits per heavy atom. The maximum atomic E-state index is 6.21. The van der Waals surface area contributed by atoms with Gasteiger partial charge in [0.15, 0.2) is 0 Å². The molecule has 1 aromatic rings. The third-order valence-corrected chi connectivity index (χ3v) is 5.75. The minimum Gasteiger partial charge on any atom is -0.474 e. The average molecular weight is 410 g/mol. The molecule has 0 amide bonds. The summed E-state index contributed by atoms with van der Waals surface area (Å²) >= 11 is 3.60. The van der Waals surface area contributed by atoms with Gasteiger partial charge in [-0.25, -0.2) is 9.98 Å². The van der Waals surface area contributed by atoms with Crippen LogP contribution >= 0.6 is 15.9 Å². The zero-order valence-electron chi connectivity index (χ0n) is 16.5. The lowest BCUT2D eigenvalue weighted by atomic mass is 9.72. The lowest BCUT2D eigenvalue weighted by molar-refractivity contribution is 0.0845. The fourth-order valence-electron chi connectivity index (χ4n) is 3.21. The molecule has 4 nitrogen and oxygen atoms in total. The highest BCUT2D eigenvalue weighted by molar-refractivity contribution is 9.10. The number of halogens is 1. The number of ether oxygens (including phenoxy) is 1. The van der Waals surface area contributed by atoms with Crippen molar-refractivity contribution in [1.29, 1.82) is 0 Å². The van der Waals surface area contributed by atoms with Crippen molar-refractivity contribution >= 4 is 28.0 Å². The van der Waals surface area contributed by atoms with Gasteiger partial charge >= 0.3 is 0 Å². The lowest BCUT2D eigenvalue weighted by Crippen LogP contribution is -2.30. The van der Waals surface area contributed by atoms with Crippen LogP contribution in [0.5, 0.6) is 5.88 Å². The zero-order valence-corrected chi connectivity index (χ0v) is 18.1. The van der Waals surface area contributed by atoms with Gasteiger partial charge < -0.3 is 9.64 Å². The molecule has 0 N–H and O–H groups in total. The summed E-state index contributed by atoms with van der Waals surface area (Å²) in [6, 6.07) is 2.00. The smallest absolute Gasteiger partial charge is 0.228 e. The fourth-order valence-corrected chi connectivity index (χ4v) is 3.61. The van der Waals surface area contributed by atoms with Crippen LogP contribution in [0.3, 0.4) is 0 Å². The van der Waals surface area contributed by atoms with E-state index in [0.29, 0.717) is 11.3 Å². The maximum Gasteiger partial charge on any atom is 0.228 e. The molecular weight excluding hydrogens is 378 g/mol. The summed E-state index contributed by atoms with van der Waals surface area (Å²) in [6.45, 7) is 12.0. The molecule has 1 aliphatic rings. The maximum absolute atomic E-state index is 6.21. The summed E-state index contributed by atoms with van der Waals surface area (Å²) < 4.78 is 7.09. The second-order valence-electron chi connectivity index (χ2n) is 8.16. The number of aliphatic imine (C=N–C) groups is 1. The van der Waals surface area contributed by atoms with E-state index in [1.165, 1.54) is 12.8 Å². The van der Waals surface area contributed by atoms with Crippen LogP contribution in [0, 0.1) is 18.3 Å². The largest absolute Gasteiger partial charge is 0.474 e. The molecule has 0 aliphatic heterocycles. The van der Waals surface area contributed by atoms with Crippen LogP contribution in [-0.4, -0.2) is 35.9 Å². The van der Waals surface area contributed by atoms with Crippen LogP contribution in [0.1, 0.15) is 59.1 Å². The molecule has 1 heterocycles. The topological polar surface area (TPSA) is 37.7 Å². The Hall–Kier alpha value is -1.10. The molecule has 1 saturated carbocycles. The zero-order chi connectivity index (χ0) is 18.6. The SMILES string of the molecule is CCN(C)/C=N/c1cc(Br)c(OC2CCC(C(C)(C)C)CC2)nc1C. The first kappa shape index (κ1) is 20.2. The Bertz CT molecular complexity index is 602. The fraction of sp³-hybridized carbons (Fsp3) is 0.700. The van der Waals surface area contributed by atoms with E-state index in [4.69, 9.17) is 4.74 Å². The van der Waals surface area contributed by atoms with Gasteiger partial charge in [-0.1, -0.05) is 20.8 Å². The number of rotatable bonds is 5. The minimum absolute atomic E-state index is 0.266. The lowest BCUT2D eigenvalue weighted by Gasteiger charge is -2.36. The Morgan fingerprint density at radius 1 is 1.32 bits per heavy atom. The van der Waals surface area contributed by atoms with Gasteiger partial charge in [0.05, 0.1) is 22.2 Å². The highest BCUT2D eigenvalue weighted by atomic mass is 79.9. The Labute approximate surface area is 161 Å². The van der Waals surface area contributed by atoms with Gasteiger partial charge in [0.2, 0.25) is 5.88 Å². The van der Waals surface area contributed by atoms with Crippen molar-refractivity contribution in [2.45, 2.75) is 66.4 Å². The normalized spacial score (nSPS) is 21.6. The molecule has 5 heteroatoms. The molecule has 0 spiro atoms. The quantitative estimate of drug-likeness (QED) is 0.458. The van der Waals surface area contributed by atoms with E-state index < -0.39 is 0 Å². The highest BCUT2D eigenvalue weighted by Gasteiger charge is 2.30. The Kier molecular flexibility index (Phi) is 6.89. The van der Waals surface area contributed by atoms with Gasteiger partial charge in [-0.15, -0.1) is 0 Å². The van der Waals surface area contributed by atoms with E-state index in [1.807, 2.05) is 31.3 Å². The number of aryl methyl sites for hydroxylation is 1. The molecule has 0 radical (unpaired) electrons. The Morgan fingerprint density at radius 2 is 1.96 bits per heavy atom. The van der Waals surface area contributed by atoms with E-state index in [1.54, 1.807) is 0 Å². The van der Waals surface area contributed by atoms with E-state index >= 15 is 0 Å². The molecular formula is C20H32BrN3O. The molecule has 0 saturated heterocycles. The third kappa shape index (κ3) is 5.70. The van der Waals surface area contributed by atoms with E-state index in [9.17, 15) is 0 Å². The van der Waals surface area contributed by atoms with Crippen LogP contribution in [0.25, 0.3) is 0 Å². The molecule has 1 fully saturated rings.